The number of hydrogen-bond donors (Lipinski definition) is 1. The van der Waals surface area contributed by atoms with Gasteiger partial charge in [0.2, 0.25) is 11.8 Å². The minimum absolute atomic E-state index is 0.204. The molecule has 0 aliphatic carbocycles. The lowest BCUT2D eigenvalue weighted by atomic mass is 9.90. The third-order valence-corrected chi connectivity index (χ3v) is 3.71. The maximum atomic E-state index is 11.9. The first-order chi connectivity index (χ1) is 9.69. The van der Waals surface area contributed by atoms with E-state index in [4.69, 9.17) is 0 Å². The van der Waals surface area contributed by atoms with Crippen molar-refractivity contribution in [2.45, 2.75) is 25.3 Å². The van der Waals surface area contributed by atoms with E-state index in [9.17, 15) is 14.4 Å². The predicted octanol–water partition coefficient (Wildman–Crippen LogP) is 1.36. The van der Waals surface area contributed by atoms with Crippen molar-refractivity contribution < 1.29 is 14.4 Å². The average molecular weight is 270 g/mol. The number of rotatable bonds is 3. The van der Waals surface area contributed by atoms with Crippen molar-refractivity contribution in [3.63, 3.8) is 0 Å². The Kier molecular flexibility index (Phi) is 3.10. The first kappa shape index (κ1) is 12.6. The van der Waals surface area contributed by atoms with Crippen LogP contribution in [0.2, 0.25) is 0 Å². The molecule has 1 aromatic carbocycles. The zero-order valence-electron chi connectivity index (χ0n) is 10.8. The number of amides is 2. The zero-order valence-corrected chi connectivity index (χ0v) is 10.8. The highest BCUT2D eigenvalue weighted by Crippen LogP contribution is 2.28. The maximum absolute atomic E-state index is 11.9. The van der Waals surface area contributed by atoms with Crippen molar-refractivity contribution in [1.29, 1.82) is 0 Å². The molecule has 0 bridgehead atoms. The van der Waals surface area contributed by atoms with Gasteiger partial charge in [0, 0.05) is 18.1 Å². The van der Waals surface area contributed by atoms with Crippen molar-refractivity contribution in [3.05, 3.63) is 36.0 Å². The van der Waals surface area contributed by atoms with Crippen LogP contribution in [-0.4, -0.2) is 22.7 Å². The van der Waals surface area contributed by atoms with E-state index in [1.807, 2.05) is 35.0 Å². The molecule has 1 fully saturated rings. The Morgan fingerprint density at radius 2 is 2.15 bits per heavy atom. The molecule has 1 aliphatic heterocycles. The number of carbonyl (C=O) groups excluding carboxylic acids is 3. The van der Waals surface area contributed by atoms with E-state index in [1.54, 1.807) is 0 Å². The number of imide groups is 1. The lowest BCUT2D eigenvalue weighted by Crippen LogP contribution is -2.39. The molecule has 0 radical (unpaired) electrons. The number of hydrogen-bond acceptors (Lipinski definition) is 3. The Labute approximate surface area is 115 Å². The molecular formula is C15H14N2O3. The van der Waals surface area contributed by atoms with Crippen LogP contribution in [0.1, 0.15) is 24.3 Å². The van der Waals surface area contributed by atoms with Gasteiger partial charge in [0.1, 0.15) is 6.29 Å². The summed E-state index contributed by atoms with van der Waals surface area (Å²) in [6.45, 7) is 0.321. The third kappa shape index (κ3) is 2.11. The zero-order chi connectivity index (χ0) is 14.1. The monoisotopic (exact) mass is 270 g/mol. The predicted molar refractivity (Wildman–Crippen MR) is 73.1 cm³/mol. The Balaban J connectivity index is 1.95. The van der Waals surface area contributed by atoms with E-state index in [0.29, 0.717) is 19.4 Å². The number of nitrogens with zero attached hydrogens (tertiary/aromatic N) is 1. The van der Waals surface area contributed by atoms with Crippen LogP contribution in [0.15, 0.2) is 30.5 Å². The summed E-state index contributed by atoms with van der Waals surface area (Å²) in [5.74, 6) is -0.705. The molecule has 1 aromatic heterocycles. The minimum atomic E-state index is -0.272. The molecule has 1 unspecified atom stereocenters. The van der Waals surface area contributed by atoms with Crippen LogP contribution in [0.25, 0.3) is 10.9 Å². The van der Waals surface area contributed by atoms with E-state index in [1.165, 1.54) is 0 Å². The largest absolute Gasteiger partial charge is 0.340 e. The average Bonchev–Trinajstić information content (AvgIpc) is 2.82. The summed E-state index contributed by atoms with van der Waals surface area (Å²) in [5, 5.41) is 3.37. The topological polar surface area (TPSA) is 68.2 Å². The second-order valence-corrected chi connectivity index (χ2v) is 4.96. The van der Waals surface area contributed by atoms with Crippen LogP contribution in [0.5, 0.6) is 0 Å². The Morgan fingerprint density at radius 3 is 2.90 bits per heavy atom. The van der Waals surface area contributed by atoms with Crippen molar-refractivity contribution in [3.8, 4) is 0 Å². The Hall–Kier alpha value is -2.43. The number of nitrogens with one attached hydrogen (secondary N) is 1. The van der Waals surface area contributed by atoms with Gasteiger partial charge in [-0.25, -0.2) is 0 Å². The fraction of sp³-hybridized carbons (Fsp3) is 0.267. The highest BCUT2D eigenvalue weighted by molar-refractivity contribution is 6.01. The summed E-state index contributed by atoms with van der Waals surface area (Å²) in [4.78, 5) is 33.6. The molecule has 1 atom stereocenters. The molecule has 1 aliphatic rings. The molecule has 3 rings (SSSR count). The second-order valence-electron chi connectivity index (χ2n) is 4.96. The molecule has 102 valence electrons. The molecule has 5 heteroatoms. The van der Waals surface area contributed by atoms with Gasteiger partial charge in [-0.3, -0.25) is 14.9 Å². The fourth-order valence-corrected chi connectivity index (χ4v) is 2.69. The van der Waals surface area contributed by atoms with Gasteiger partial charge in [-0.1, -0.05) is 6.07 Å². The normalized spacial score (nSPS) is 19.1. The van der Waals surface area contributed by atoms with Gasteiger partial charge >= 0.3 is 0 Å². The smallest absolute Gasteiger partial charge is 0.234 e. The van der Waals surface area contributed by atoms with E-state index in [2.05, 4.69) is 5.32 Å². The van der Waals surface area contributed by atoms with Crippen LogP contribution in [0, 0.1) is 0 Å². The second kappa shape index (κ2) is 4.92. The number of benzene rings is 1. The van der Waals surface area contributed by atoms with Gasteiger partial charge in [-0.05, 0) is 35.6 Å². The summed E-state index contributed by atoms with van der Waals surface area (Å²) in [7, 11) is 0. The number of carbonyl (C=O) groups is 3. The lowest BCUT2D eigenvalue weighted by Gasteiger charge is -2.21. The van der Waals surface area contributed by atoms with Crippen LogP contribution in [0.3, 0.4) is 0 Å². The van der Waals surface area contributed by atoms with Gasteiger partial charge in [-0.15, -0.1) is 0 Å². The van der Waals surface area contributed by atoms with E-state index in [0.717, 1.165) is 22.8 Å². The molecule has 20 heavy (non-hydrogen) atoms. The first-order valence-corrected chi connectivity index (χ1v) is 6.55. The summed E-state index contributed by atoms with van der Waals surface area (Å²) >= 11 is 0. The fourth-order valence-electron chi connectivity index (χ4n) is 2.69. The van der Waals surface area contributed by atoms with Crippen molar-refractivity contribution in [2.24, 2.45) is 0 Å². The number of fused-ring (bicyclic) bond motifs is 1. The summed E-state index contributed by atoms with van der Waals surface area (Å²) in [5.41, 5.74) is 1.87. The molecule has 5 nitrogen and oxygen atoms in total. The van der Waals surface area contributed by atoms with E-state index < -0.39 is 0 Å². The molecule has 2 amide bonds. The lowest BCUT2D eigenvalue weighted by molar-refractivity contribution is -0.134. The number of aldehydes is 1. The van der Waals surface area contributed by atoms with Crippen molar-refractivity contribution in [1.82, 2.24) is 9.88 Å². The van der Waals surface area contributed by atoms with Crippen LogP contribution in [0.4, 0.5) is 0 Å². The Bertz CT molecular complexity index is 702. The number of aromatic nitrogens is 1. The Morgan fingerprint density at radius 1 is 1.30 bits per heavy atom. The first-order valence-electron chi connectivity index (χ1n) is 6.55. The van der Waals surface area contributed by atoms with Gasteiger partial charge in [0.25, 0.3) is 0 Å². The van der Waals surface area contributed by atoms with Gasteiger partial charge in [-0.2, -0.15) is 0 Å². The highest BCUT2D eigenvalue weighted by Gasteiger charge is 2.27. The van der Waals surface area contributed by atoms with Gasteiger partial charge in [0.15, 0.2) is 0 Å². The summed E-state index contributed by atoms with van der Waals surface area (Å²) in [6, 6.07) is 7.69. The summed E-state index contributed by atoms with van der Waals surface area (Å²) < 4.78 is 1.86. The SMILES string of the molecule is O=CCn1ccc2cc(C3CCC(=O)NC3=O)ccc21. The van der Waals surface area contributed by atoms with Crippen LogP contribution < -0.4 is 5.32 Å². The van der Waals surface area contributed by atoms with Gasteiger partial charge < -0.3 is 9.36 Å². The standard InChI is InChI=1S/C15H14N2O3/c18-8-7-17-6-5-11-9-10(1-3-13(11)17)12-2-4-14(19)16-15(12)20/h1,3,5-6,8-9,12H,2,4,7H2,(H,16,19,20). The summed E-state index contributed by atoms with van der Waals surface area (Å²) in [6.07, 6.45) is 3.63. The molecule has 1 N–H and O–H groups in total. The minimum Gasteiger partial charge on any atom is -0.340 e. The molecule has 0 spiro atoms. The highest BCUT2D eigenvalue weighted by atomic mass is 16.2. The molecular weight excluding hydrogens is 256 g/mol. The van der Waals surface area contributed by atoms with E-state index >= 15 is 0 Å². The van der Waals surface area contributed by atoms with Crippen LogP contribution in [-0.2, 0) is 20.9 Å². The maximum Gasteiger partial charge on any atom is 0.234 e. The quantitative estimate of drug-likeness (QED) is 0.676. The molecule has 2 heterocycles. The van der Waals surface area contributed by atoms with E-state index in [-0.39, 0.29) is 17.7 Å². The molecule has 2 aromatic rings. The molecule has 0 saturated carbocycles. The van der Waals surface area contributed by atoms with Gasteiger partial charge in [0.05, 0.1) is 12.5 Å². The molecule has 1 saturated heterocycles. The third-order valence-electron chi connectivity index (χ3n) is 3.71. The number of piperidine rings is 1. The van der Waals surface area contributed by atoms with Crippen LogP contribution >= 0.6 is 0 Å². The van der Waals surface area contributed by atoms with Crippen molar-refractivity contribution >= 4 is 29.0 Å². The van der Waals surface area contributed by atoms with Crippen molar-refractivity contribution in [2.75, 3.05) is 0 Å².